The van der Waals surface area contributed by atoms with Gasteiger partial charge in [0, 0.05) is 31.9 Å². The first-order chi connectivity index (χ1) is 12.4. The first kappa shape index (κ1) is 18.2. The molecule has 1 heterocycles. The van der Waals surface area contributed by atoms with Gasteiger partial charge < -0.3 is 15.1 Å². The Hall–Kier alpha value is -2.63. The molecule has 0 aliphatic carbocycles. The van der Waals surface area contributed by atoms with Crippen LogP contribution in [0.1, 0.15) is 16.7 Å². The van der Waals surface area contributed by atoms with E-state index >= 15 is 0 Å². The van der Waals surface area contributed by atoms with Crippen molar-refractivity contribution in [1.29, 1.82) is 0 Å². The number of anilines is 2. The number of carbonyl (C=O) groups excluding carboxylic acids is 1. The number of amides is 2. The maximum Gasteiger partial charge on any atom is 0.321 e. The minimum atomic E-state index is -0.575. The molecule has 1 fully saturated rings. The highest BCUT2D eigenvalue weighted by Crippen LogP contribution is 2.25. The minimum Gasteiger partial charge on any atom is -0.363 e. The molecule has 138 valence electrons. The Balaban J connectivity index is 1.66. The highest BCUT2D eigenvalue weighted by molar-refractivity contribution is 5.91. The second-order valence-electron chi connectivity index (χ2n) is 6.75. The van der Waals surface area contributed by atoms with Crippen LogP contribution in [-0.4, -0.2) is 37.1 Å². The molecule has 1 N–H and O–H groups in total. The third kappa shape index (κ3) is 3.64. The Labute approximate surface area is 152 Å². The van der Waals surface area contributed by atoms with Crippen molar-refractivity contribution in [2.75, 3.05) is 36.4 Å². The summed E-state index contributed by atoms with van der Waals surface area (Å²) in [4.78, 5) is 15.9. The maximum atomic E-state index is 13.9. The first-order valence-electron chi connectivity index (χ1n) is 8.69. The molecule has 0 saturated carbocycles. The van der Waals surface area contributed by atoms with Gasteiger partial charge in [0.05, 0.1) is 0 Å². The van der Waals surface area contributed by atoms with Gasteiger partial charge in [0.2, 0.25) is 0 Å². The van der Waals surface area contributed by atoms with Crippen LogP contribution in [0, 0.1) is 32.4 Å². The van der Waals surface area contributed by atoms with Crippen molar-refractivity contribution in [3.8, 4) is 0 Å². The summed E-state index contributed by atoms with van der Waals surface area (Å²) < 4.78 is 27.9. The van der Waals surface area contributed by atoms with E-state index in [1.165, 1.54) is 18.2 Å². The van der Waals surface area contributed by atoms with Gasteiger partial charge >= 0.3 is 6.03 Å². The Kier molecular flexibility index (Phi) is 5.11. The van der Waals surface area contributed by atoms with Gasteiger partial charge in [0.25, 0.3) is 0 Å². The van der Waals surface area contributed by atoms with Gasteiger partial charge in [-0.2, -0.15) is 0 Å². The van der Waals surface area contributed by atoms with Crippen molar-refractivity contribution in [1.82, 2.24) is 4.90 Å². The largest absolute Gasteiger partial charge is 0.363 e. The van der Waals surface area contributed by atoms with Crippen LogP contribution in [0.25, 0.3) is 0 Å². The van der Waals surface area contributed by atoms with Crippen molar-refractivity contribution < 1.29 is 13.6 Å². The third-order valence-electron chi connectivity index (χ3n) is 4.73. The van der Waals surface area contributed by atoms with Crippen molar-refractivity contribution in [2.45, 2.75) is 20.8 Å². The second kappa shape index (κ2) is 7.32. The Bertz CT molecular complexity index is 787. The molecule has 3 rings (SSSR count). The van der Waals surface area contributed by atoms with E-state index in [1.54, 1.807) is 9.80 Å². The van der Waals surface area contributed by atoms with E-state index in [-0.39, 0.29) is 11.7 Å². The fourth-order valence-electron chi connectivity index (χ4n) is 3.49. The van der Waals surface area contributed by atoms with Crippen LogP contribution in [0.2, 0.25) is 0 Å². The lowest BCUT2D eigenvalue weighted by atomic mass is 10.1. The average Bonchev–Trinajstić information content (AvgIpc) is 2.58. The number of aryl methyl sites for hydroxylation is 3. The van der Waals surface area contributed by atoms with Gasteiger partial charge in [-0.15, -0.1) is 0 Å². The van der Waals surface area contributed by atoms with Crippen LogP contribution in [0.15, 0.2) is 30.3 Å². The summed E-state index contributed by atoms with van der Waals surface area (Å²) in [7, 11) is 0. The van der Waals surface area contributed by atoms with Crippen molar-refractivity contribution >= 4 is 17.4 Å². The van der Waals surface area contributed by atoms with Gasteiger partial charge in [-0.3, -0.25) is 0 Å². The highest BCUT2D eigenvalue weighted by Gasteiger charge is 2.25. The van der Waals surface area contributed by atoms with Crippen LogP contribution in [0.3, 0.4) is 0 Å². The summed E-state index contributed by atoms with van der Waals surface area (Å²) in [6.45, 7) is 7.54. The first-order valence-corrected chi connectivity index (χ1v) is 8.69. The molecule has 26 heavy (non-hydrogen) atoms. The smallest absolute Gasteiger partial charge is 0.321 e. The van der Waals surface area contributed by atoms with Crippen LogP contribution in [0.5, 0.6) is 0 Å². The summed E-state index contributed by atoms with van der Waals surface area (Å²) in [5.74, 6) is -1.15. The van der Waals surface area contributed by atoms with E-state index in [1.807, 2.05) is 32.9 Å². The normalized spacial score (nSPS) is 14.5. The second-order valence-corrected chi connectivity index (χ2v) is 6.75. The lowest BCUT2D eigenvalue weighted by molar-refractivity contribution is 0.208. The molecule has 1 saturated heterocycles. The number of nitrogens with zero attached hydrogens (tertiary/aromatic N) is 2. The van der Waals surface area contributed by atoms with E-state index < -0.39 is 11.6 Å². The van der Waals surface area contributed by atoms with Gasteiger partial charge in [0.15, 0.2) is 0 Å². The molecule has 2 amide bonds. The molecule has 1 aliphatic heterocycles. The molecule has 2 aromatic carbocycles. The summed E-state index contributed by atoms with van der Waals surface area (Å²) in [5, 5.41) is 2.97. The Morgan fingerprint density at radius 1 is 0.962 bits per heavy atom. The molecular weight excluding hydrogens is 336 g/mol. The van der Waals surface area contributed by atoms with Crippen molar-refractivity contribution in [2.24, 2.45) is 0 Å². The molecule has 0 bridgehead atoms. The Morgan fingerprint density at radius 3 is 2.04 bits per heavy atom. The number of urea groups is 1. The summed E-state index contributed by atoms with van der Waals surface area (Å²) in [6.07, 6.45) is 0. The number of piperazine rings is 1. The predicted molar refractivity (Wildman–Crippen MR) is 99.8 cm³/mol. The molecule has 0 unspecified atom stereocenters. The van der Waals surface area contributed by atoms with Gasteiger partial charge in [-0.25, -0.2) is 13.6 Å². The number of rotatable bonds is 2. The van der Waals surface area contributed by atoms with E-state index in [9.17, 15) is 13.6 Å². The van der Waals surface area contributed by atoms with Crippen molar-refractivity contribution in [3.05, 3.63) is 58.7 Å². The predicted octanol–water partition coefficient (Wildman–Crippen LogP) is 4.24. The molecule has 2 aromatic rings. The number of hydrogen-bond donors (Lipinski definition) is 1. The SMILES string of the molecule is Cc1cc(C)c(NC(=O)N2CCN(c3c(F)cccc3F)CC2)c(C)c1. The molecular formula is C20H23F2N3O. The lowest BCUT2D eigenvalue weighted by Crippen LogP contribution is -2.50. The number of benzene rings is 2. The topological polar surface area (TPSA) is 35.6 Å². The van der Waals surface area contributed by atoms with E-state index in [4.69, 9.17) is 0 Å². The fraction of sp³-hybridized carbons (Fsp3) is 0.350. The quantitative estimate of drug-likeness (QED) is 0.870. The van der Waals surface area contributed by atoms with Gasteiger partial charge in [-0.1, -0.05) is 23.8 Å². The zero-order chi connectivity index (χ0) is 18.8. The van der Waals surface area contributed by atoms with E-state index in [2.05, 4.69) is 5.32 Å². The van der Waals surface area contributed by atoms with Gasteiger partial charge in [0.1, 0.15) is 17.3 Å². The number of carbonyl (C=O) groups is 1. The molecule has 0 spiro atoms. The molecule has 1 aliphatic rings. The monoisotopic (exact) mass is 359 g/mol. The van der Waals surface area contributed by atoms with Crippen LogP contribution < -0.4 is 10.2 Å². The number of para-hydroxylation sites is 1. The van der Waals surface area contributed by atoms with Crippen LogP contribution in [-0.2, 0) is 0 Å². The molecule has 0 aromatic heterocycles. The maximum absolute atomic E-state index is 13.9. The molecule has 0 atom stereocenters. The highest BCUT2D eigenvalue weighted by atomic mass is 19.1. The number of nitrogens with one attached hydrogen (secondary N) is 1. The zero-order valence-corrected chi connectivity index (χ0v) is 15.3. The molecule has 4 nitrogen and oxygen atoms in total. The van der Waals surface area contributed by atoms with Crippen LogP contribution >= 0.6 is 0 Å². The third-order valence-corrected chi connectivity index (χ3v) is 4.73. The van der Waals surface area contributed by atoms with Gasteiger partial charge in [-0.05, 0) is 44.0 Å². The number of hydrogen-bond acceptors (Lipinski definition) is 2. The summed E-state index contributed by atoms with van der Waals surface area (Å²) in [5.41, 5.74) is 3.99. The Morgan fingerprint density at radius 2 is 1.50 bits per heavy atom. The minimum absolute atomic E-state index is 0.0159. The molecule has 6 heteroatoms. The van der Waals surface area contributed by atoms with E-state index in [0.29, 0.717) is 26.2 Å². The zero-order valence-electron chi connectivity index (χ0n) is 15.3. The molecule has 0 radical (unpaired) electrons. The summed E-state index contributed by atoms with van der Waals surface area (Å²) in [6, 6.07) is 7.72. The fourth-order valence-corrected chi connectivity index (χ4v) is 3.49. The number of halogens is 2. The lowest BCUT2D eigenvalue weighted by Gasteiger charge is -2.36. The van der Waals surface area contributed by atoms with Crippen LogP contribution in [0.4, 0.5) is 25.0 Å². The van der Waals surface area contributed by atoms with Crippen molar-refractivity contribution in [3.63, 3.8) is 0 Å². The standard InChI is InChI=1S/C20H23F2N3O/c1-13-11-14(2)18(15(3)12-13)23-20(26)25-9-7-24(8-10-25)19-16(21)5-4-6-17(19)22/h4-6,11-12H,7-10H2,1-3H3,(H,23,26). The average molecular weight is 359 g/mol. The summed E-state index contributed by atoms with van der Waals surface area (Å²) >= 11 is 0. The van der Waals surface area contributed by atoms with E-state index in [0.717, 1.165) is 22.4 Å².